The number of halogens is 1. The van der Waals surface area contributed by atoms with Crippen LogP contribution in [-0.2, 0) is 12.3 Å². The van der Waals surface area contributed by atoms with E-state index in [-0.39, 0.29) is 0 Å². The summed E-state index contributed by atoms with van der Waals surface area (Å²) in [6.07, 6.45) is 10.9. The van der Waals surface area contributed by atoms with Crippen molar-refractivity contribution in [3.05, 3.63) is 35.4 Å². The molecule has 0 aromatic heterocycles. The van der Waals surface area contributed by atoms with Gasteiger partial charge < -0.3 is 0 Å². The fraction of sp³-hybridized carbons (Fsp3) is 0.625. The molecule has 96 valence electrons. The maximum atomic E-state index is 5.77. The van der Waals surface area contributed by atoms with Crippen molar-refractivity contribution < 1.29 is 0 Å². The molecule has 1 heteroatoms. The van der Waals surface area contributed by atoms with Crippen molar-refractivity contribution in [3.63, 3.8) is 0 Å². The topological polar surface area (TPSA) is 0 Å². The molecule has 1 aromatic rings. The van der Waals surface area contributed by atoms with E-state index in [9.17, 15) is 0 Å². The third-order valence-corrected chi connectivity index (χ3v) is 3.55. The Kier molecular flexibility index (Phi) is 8.17. The van der Waals surface area contributed by atoms with E-state index in [1.807, 2.05) is 0 Å². The lowest BCUT2D eigenvalue weighted by atomic mass is 10.0. The van der Waals surface area contributed by atoms with Crippen molar-refractivity contribution in [2.45, 2.75) is 64.2 Å². The van der Waals surface area contributed by atoms with Gasteiger partial charge in [0.05, 0.1) is 0 Å². The van der Waals surface area contributed by atoms with Gasteiger partial charge in [-0.2, -0.15) is 0 Å². The van der Waals surface area contributed by atoms with Crippen LogP contribution in [0.25, 0.3) is 0 Å². The highest BCUT2D eigenvalue weighted by Gasteiger charge is 1.95. The van der Waals surface area contributed by atoms with Gasteiger partial charge in [0.25, 0.3) is 0 Å². The van der Waals surface area contributed by atoms with Gasteiger partial charge in [-0.25, -0.2) is 0 Å². The van der Waals surface area contributed by atoms with E-state index in [1.54, 1.807) is 0 Å². The van der Waals surface area contributed by atoms with Gasteiger partial charge in [0.1, 0.15) is 0 Å². The second-order valence-corrected chi connectivity index (χ2v) is 5.09. The normalized spacial score (nSPS) is 10.7. The standard InChI is InChI=1S/C16H25Cl/c1-2-3-4-5-6-7-8-9-15-10-12-16(14-17)13-11-15/h10-13H,2-9,14H2,1H3. The van der Waals surface area contributed by atoms with Crippen LogP contribution in [0.5, 0.6) is 0 Å². The second-order valence-electron chi connectivity index (χ2n) is 4.82. The van der Waals surface area contributed by atoms with Gasteiger partial charge in [-0.3, -0.25) is 0 Å². The van der Waals surface area contributed by atoms with Crippen LogP contribution < -0.4 is 0 Å². The Morgan fingerprint density at radius 3 is 1.88 bits per heavy atom. The van der Waals surface area contributed by atoms with E-state index in [0.717, 1.165) is 0 Å². The van der Waals surface area contributed by atoms with Gasteiger partial charge in [-0.1, -0.05) is 69.7 Å². The molecule has 0 spiro atoms. The highest BCUT2D eigenvalue weighted by Crippen LogP contribution is 2.12. The highest BCUT2D eigenvalue weighted by atomic mass is 35.5. The molecule has 0 unspecified atom stereocenters. The van der Waals surface area contributed by atoms with Crippen molar-refractivity contribution in [2.75, 3.05) is 0 Å². The monoisotopic (exact) mass is 252 g/mol. The summed E-state index contributed by atoms with van der Waals surface area (Å²) in [6, 6.07) is 8.72. The molecule has 0 aliphatic carbocycles. The first-order valence-corrected chi connectivity index (χ1v) is 7.54. The molecule has 17 heavy (non-hydrogen) atoms. The lowest BCUT2D eigenvalue weighted by Crippen LogP contribution is -1.87. The maximum Gasteiger partial charge on any atom is 0.0474 e. The molecular weight excluding hydrogens is 228 g/mol. The molecular formula is C16H25Cl. The Morgan fingerprint density at radius 1 is 0.765 bits per heavy atom. The predicted molar refractivity (Wildman–Crippen MR) is 77.7 cm³/mol. The number of aryl methyl sites for hydroxylation is 1. The van der Waals surface area contributed by atoms with Crippen LogP contribution in [0.1, 0.15) is 63.0 Å². The van der Waals surface area contributed by atoms with E-state index >= 15 is 0 Å². The number of unbranched alkanes of at least 4 members (excludes halogenated alkanes) is 6. The minimum Gasteiger partial charge on any atom is -0.122 e. The number of hydrogen-bond acceptors (Lipinski definition) is 0. The first-order chi connectivity index (χ1) is 8.36. The summed E-state index contributed by atoms with van der Waals surface area (Å²) in [5.74, 6) is 0.623. The summed E-state index contributed by atoms with van der Waals surface area (Å²) >= 11 is 5.77. The van der Waals surface area contributed by atoms with Crippen molar-refractivity contribution in [3.8, 4) is 0 Å². The second kappa shape index (κ2) is 9.53. The van der Waals surface area contributed by atoms with E-state index in [4.69, 9.17) is 11.6 Å². The molecule has 0 fully saturated rings. The Labute approximate surface area is 111 Å². The molecule has 0 amide bonds. The van der Waals surface area contributed by atoms with E-state index in [0.29, 0.717) is 5.88 Å². The molecule has 1 aromatic carbocycles. The maximum absolute atomic E-state index is 5.77. The zero-order valence-corrected chi connectivity index (χ0v) is 11.8. The Balaban J connectivity index is 2.05. The molecule has 0 atom stereocenters. The van der Waals surface area contributed by atoms with Crippen LogP contribution in [0.15, 0.2) is 24.3 Å². The third kappa shape index (κ3) is 6.73. The van der Waals surface area contributed by atoms with Crippen molar-refractivity contribution in [1.29, 1.82) is 0 Å². The summed E-state index contributed by atoms with van der Waals surface area (Å²) in [7, 11) is 0. The Bertz CT molecular complexity index is 276. The van der Waals surface area contributed by atoms with Crippen LogP contribution in [-0.4, -0.2) is 0 Å². The molecule has 0 aliphatic heterocycles. The summed E-state index contributed by atoms with van der Waals surface area (Å²) in [5.41, 5.74) is 2.67. The molecule has 0 N–H and O–H groups in total. The molecule has 0 heterocycles. The van der Waals surface area contributed by atoms with Crippen LogP contribution in [0.2, 0.25) is 0 Å². The van der Waals surface area contributed by atoms with Gasteiger partial charge in [0, 0.05) is 5.88 Å². The van der Waals surface area contributed by atoms with Crippen molar-refractivity contribution >= 4 is 11.6 Å². The quantitative estimate of drug-likeness (QED) is 0.390. The van der Waals surface area contributed by atoms with E-state index < -0.39 is 0 Å². The average Bonchev–Trinajstić information content (AvgIpc) is 2.38. The van der Waals surface area contributed by atoms with Crippen molar-refractivity contribution in [1.82, 2.24) is 0 Å². The summed E-state index contributed by atoms with van der Waals surface area (Å²) in [4.78, 5) is 0. The highest BCUT2D eigenvalue weighted by molar-refractivity contribution is 6.17. The third-order valence-electron chi connectivity index (χ3n) is 3.25. The molecule has 0 aliphatic rings. The van der Waals surface area contributed by atoms with Crippen LogP contribution >= 0.6 is 11.6 Å². The SMILES string of the molecule is CCCCCCCCCc1ccc(CCl)cc1. The zero-order chi connectivity index (χ0) is 12.3. The average molecular weight is 253 g/mol. The van der Waals surface area contributed by atoms with E-state index in [1.165, 1.54) is 62.5 Å². The zero-order valence-electron chi connectivity index (χ0n) is 11.1. The van der Waals surface area contributed by atoms with Gasteiger partial charge in [0.2, 0.25) is 0 Å². The van der Waals surface area contributed by atoms with Gasteiger partial charge >= 0.3 is 0 Å². The summed E-state index contributed by atoms with van der Waals surface area (Å²) in [6.45, 7) is 2.27. The minimum atomic E-state index is 0.623. The molecule has 0 bridgehead atoms. The largest absolute Gasteiger partial charge is 0.122 e. The molecule has 0 nitrogen and oxygen atoms in total. The van der Waals surface area contributed by atoms with E-state index in [2.05, 4.69) is 31.2 Å². The molecule has 0 saturated heterocycles. The van der Waals surface area contributed by atoms with Gasteiger partial charge in [0.15, 0.2) is 0 Å². The lowest BCUT2D eigenvalue weighted by molar-refractivity contribution is 0.589. The van der Waals surface area contributed by atoms with Crippen LogP contribution in [0, 0.1) is 0 Å². The number of rotatable bonds is 9. The first-order valence-electron chi connectivity index (χ1n) is 7.00. The van der Waals surface area contributed by atoms with Gasteiger partial charge in [-0.05, 0) is 24.0 Å². The number of alkyl halides is 1. The number of hydrogen-bond donors (Lipinski definition) is 0. The lowest BCUT2D eigenvalue weighted by Gasteiger charge is -2.03. The molecule has 0 radical (unpaired) electrons. The van der Waals surface area contributed by atoms with Crippen LogP contribution in [0.3, 0.4) is 0 Å². The predicted octanol–water partition coefficient (Wildman–Crippen LogP) is 5.72. The first kappa shape index (κ1) is 14.6. The molecule has 1 rings (SSSR count). The van der Waals surface area contributed by atoms with Gasteiger partial charge in [-0.15, -0.1) is 11.6 Å². The number of benzene rings is 1. The molecule has 0 saturated carbocycles. The summed E-state index contributed by atoms with van der Waals surface area (Å²) < 4.78 is 0. The van der Waals surface area contributed by atoms with Crippen LogP contribution in [0.4, 0.5) is 0 Å². The summed E-state index contributed by atoms with van der Waals surface area (Å²) in [5, 5.41) is 0. The Hall–Kier alpha value is -0.490. The minimum absolute atomic E-state index is 0.623. The fourth-order valence-electron chi connectivity index (χ4n) is 2.08. The van der Waals surface area contributed by atoms with Crippen molar-refractivity contribution in [2.24, 2.45) is 0 Å². The smallest absolute Gasteiger partial charge is 0.0474 e. The fourth-order valence-corrected chi connectivity index (χ4v) is 2.26. The Morgan fingerprint density at radius 2 is 1.29 bits per heavy atom.